The number of carbonyl (C=O) groups is 2. The monoisotopic (exact) mass is 408 g/mol. The molecule has 1 fully saturated rings. The predicted molar refractivity (Wildman–Crippen MR) is 106 cm³/mol. The minimum absolute atomic E-state index is 0.0292. The Morgan fingerprint density at radius 2 is 1.70 bits per heavy atom. The molecule has 1 aromatic heterocycles. The third-order valence-electron chi connectivity index (χ3n) is 4.84. The first-order chi connectivity index (χ1) is 14.5. The highest BCUT2D eigenvalue weighted by atomic mass is 19.1. The van der Waals surface area contributed by atoms with Crippen molar-refractivity contribution >= 4 is 17.9 Å². The number of furan rings is 1. The van der Waals surface area contributed by atoms with Crippen LogP contribution in [0.2, 0.25) is 0 Å². The van der Waals surface area contributed by atoms with Crippen LogP contribution in [0.15, 0.2) is 77.0 Å². The van der Waals surface area contributed by atoms with E-state index in [0.29, 0.717) is 17.7 Å². The summed E-state index contributed by atoms with van der Waals surface area (Å²) in [6.45, 7) is 0. The second kappa shape index (κ2) is 8.32. The summed E-state index contributed by atoms with van der Waals surface area (Å²) in [6, 6.07) is 15.0. The van der Waals surface area contributed by atoms with Crippen LogP contribution in [-0.4, -0.2) is 17.9 Å². The Bertz CT molecular complexity index is 1070. The summed E-state index contributed by atoms with van der Waals surface area (Å²) in [7, 11) is 0. The van der Waals surface area contributed by atoms with Gasteiger partial charge in [-0.2, -0.15) is 0 Å². The van der Waals surface area contributed by atoms with Crippen molar-refractivity contribution in [2.24, 2.45) is 0 Å². The fourth-order valence-corrected chi connectivity index (χ4v) is 3.24. The Balaban J connectivity index is 1.50. The lowest BCUT2D eigenvalue weighted by Crippen LogP contribution is -2.36. The highest BCUT2D eigenvalue weighted by Gasteiger charge is 2.43. The molecule has 2 aromatic carbocycles. The molecule has 1 aliphatic rings. The Morgan fingerprint density at radius 3 is 2.37 bits per heavy atom. The van der Waals surface area contributed by atoms with Gasteiger partial charge >= 0.3 is 0 Å². The Hall–Kier alpha value is -3.74. The van der Waals surface area contributed by atoms with Crippen LogP contribution in [0.1, 0.15) is 34.0 Å². The van der Waals surface area contributed by atoms with E-state index in [-0.39, 0.29) is 11.3 Å². The first kappa shape index (κ1) is 19.6. The summed E-state index contributed by atoms with van der Waals surface area (Å²) in [5.74, 6) is -2.39. The molecular formula is C23H18F2N2O3. The fraction of sp³-hybridized carbons (Fsp3) is 0.130. The van der Waals surface area contributed by atoms with Gasteiger partial charge in [0.05, 0.1) is 6.26 Å². The van der Waals surface area contributed by atoms with E-state index in [1.807, 2.05) is 0 Å². The quantitative estimate of drug-likeness (QED) is 0.606. The van der Waals surface area contributed by atoms with E-state index in [9.17, 15) is 18.4 Å². The van der Waals surface area contributed by atoms with Crippen LogP contribution in [0.5, 0.6) is 0 Å². The van der Waals surface area contributed by atoms with Gasteiger partial charge in [-0.05, 0) is 42.8 Å². The van der Waals surface area contributed by atoms with Crippen LogP contribution in [-0.2, 0) is 4.79 Å². The van der Waals surface area contributed by atoms with Gasteiger partial charge in [-0.25, -0.2) is 8.78 Å². The zero-order chi connectivity index (χ0) is 21.1. The SMILES string of the molecule is O=C(NC1CC1c1c(F)cccc1F)/C(=C/c1ccco1)NC(=O)c1ccccc1. The number of benzene rings is 2. The molecule has 3 aromatic rings. The molecule has 2 atom stereocenters. The molecule has 0 bridgehead atoms. The minimum Gasteiger partial charge on any atom is -0.465 e. The average molecular weight is 408 g/mol. The summed E-state index contributed by atoms with van der Waals surface area (Å²) >= 11 is 0. The van der Waals surface area contributed by atoms with E-state index in [4.69, 9.17) is 4.42 Å². The van der Waals surface area contributed by atoms with Gasteiger partial charge in [0.25, 0.3) is 11.8 Å². The van der Waals surface area contributed by atoms with Crippen molar-refractivity contribution in [3.05, 3.63) is 101 Å². The highest BCUT2D eigenvalue weighted by Crippen LogP contribution is 2.43. The van der Waals surface area contributed by atoms with Crippen LogP contribution in [0, 0.1) is 11.6 Å². The van der Waals surface area contributed by atoms with Crippen LogP contribution >= 0.6 is 0 Å². The maximum absolute atomic E-state index is 14.0. The zero-order valence-corrected chi connectivity index (χ0v) is 15.8. The summed E-state index contributed by atoms with van der Waals surface area (Å²) in [5.41, 5.74) is 0.319. The van der Waals surface area contributed by atoms with E-state index < -0.39 is 35.4 Å². The van der Waals surface area contributed by atoms with Crippen molar-refractivity contribution in [3.63, 3.8) is 0 Å². The fourth-order valence-electron chi connectivity index (χ4n) is 3.24. The molecule has 0 radical (unpaired) electrons. The molecule has 0 spiro atoms. The van der Waals surface area contributed by atoms with Crippen LogP contribution in [0.3, 0.4) is 0 Å². The molecule has 2 unspecified atom stereocenters. The number of halogens is 2. The van der Waals surface area contributed by atoms with Crippen molar-refractivity contribution in [2.45, 2.75) is 18.4 Å². The number of rotatable bonds is 6. The molecule has 152 valence electrons. The van der Waals surface area contributed by atoms with E-state index >= 15 is 0 Å². The van der Waals surface area contributed by atoms with Gasteiger partial charge in [0, 0.05) is 29.2 Å². The average Bonchev–Trinajstić information content (AvgIpc) is 3.27. The summed E-state index contributed by atoms with van der Waals surface area (Å²) in [5, 5.41) is 5.31. The maximum atomic E-state index is 14.0. The van der Waals surface area contributed by atoms with Gasteiger partial charge in [-0.15, -0.1) is 0 Å². The zero-order valence-electron chi connectivity index (χ0n) is 15.8. The van der Waals surface area contributed by atoms with Crippen molar-refractivity contribution in [1.82, 2.24) is 10.6 Å². The number of amides is 2. The Morgan fingerprint density at radius 1 is 0.967 bits per heavy atom. The Labute approximate surface area is 171 Å². The van der Waals surface area contributed by atoms with Crippen molar-refractivity contribution in [2.75, 3.05) is 0 Å². The first-order valence-corrected chi connectivity index (χ1v) is 9.39. The third-order valence-corrected chi connectivity index (χ3v) is 4.84. The van der Waals surface area contributed by atoms with Gasteiger partial charge in [-0.1, -0.05) is 24.3 Å². The first-order valence-electron chi connectivity index (χ1n) is 9.39. The molecule has 0 saturated heterocycles. The topological polar surface area (TPSA) is 71.3 Å². The molecule has 5 nitrogen and oxygen atoms in total. The van der Waals surface area contributed by atoms with Crippen molar-refractivity contribution in [1.29, 1.82) is 0 Å². The van der Waals surface area contributed by atoms with Gasteiger partial charge < -0.3 is 15.1 Å². The molecule has 2 N–H and O–H groups in total. The molecular weight excluding hydrogens is 390 g/mol. The van der Waals surface area contributed by atoms with E-state index in [1.165, 1.54) is 30.5 Å². The van der Waals surface area contributed by atoms with E-state index in [0.717, 1.165) is 0 Å². The smallest absolute Gasteiger partial charge is 0.268 e. The third kappa shape index (κ3) is 4.30. The van der Waals surface area contributed by atoms with Gasteiger partial charge in [0.2, 0.25) is 0 Å². The van der Waals surface area contributed by atoms with Crippen molar-refractivity contribution < 1.29 is 22.8 Å². The highest BCUT2D eigenvalue weighted by molar-refractivity contribution is 6.05. The summed E-state index contributed by atoms with van der Waals surface area (Å²) in [4.78, 5) is 25.3. The lowest BCUT2D eigenvalue weighted by molar-refractivity contribution is -0.117. The molecule has 30 heavy (non-hydrogen) atoms. The predicted octanol–water partition coefficient (Wildman–Crippen LogP) is 4.00. The van der Waals surface area contributed by atoms with Gasteiger partial charge in [0.1, 0.15) is 23.1 Å². The maximum Gasteiger partial charge on any atom is 0.268 e. The van der Waals surface area contributed by atoms with Crippen LogP contribution in [0.25, 0.3) is 6.08 Å². The molecule has 1 heterocycles. The number of hydrogen-bond donors (Lipinski definition) is 2. The lowest BCUT2D eigenvalue weighted by Gasteiger charge is -2.11. The van der Waals surface area contributed by atoms with Crippen LogP contribution in [0.4, 0.5) is 8.78 Å². The number of nitrogens with one attached hydrogen (secondary N) is 2. The van der Waals surface area contributed by atoms with Gasteiger partial charge in [-0.3, -0.25) is 9.59 Å². The Kier molecular flexibility index (Phi) is 5.43. The number of hydrogen-bond acceptors (Lipinski definition) is 3. The second-order valence-corrected chi connectivity index (χ2v) is 6.95. The largest absolute Gasteiger partial charge is 0.465 e. The lowest BCUT2D eigenvalue weighted by atomic mass is 10.1. The molecule has 4 rings (SSSR count). The molecule has 1 saturated carbocycles. The normalized spacial score (nSPS) is 18.0. The number of carbonyl (C=O) groups excluding carboxylic acids is 2. The van der Waals surface area contributed by atoms with E-state index in [2.05, 4.69) is 10.6 Å². The standard InChI is InChI=1S/C23H18F2N2O3/c24-17-9-4-10-18(25)21(17)16-13-19(16)26-23(29)20(12-15-8-5-11-30-15)27-22(28)14-6-2-1-3-7-14/h1-12,16,19H,13H2,(H,26,29)(H,27,28)/b20-12-. The molecule has 2 amide bonds. The minimum atomic E-state index is -0.638. The second-order valence-electron chi connectivity index (χ2n) is 6.95. The van der Waals surface area contributed by atoms with Crippen LogP contribution < -0.4 is 10.6 Å². The van der Waals surface area contributed by atoms with Gasteiger partial charge in [0.15, 0.2) is 0 Å². The molecule has 7 heteroatoms. The summed E-state index contributed by atoms with van der Waals surface area (Å²) < 4.78 is 33.2. The molecule has 1 aliphatic carbocycles. The van der Waals surface area contributed by atoms with Crippen molar-refractivity contribution in [3.8, 4) is 0 Å². The van der Waals surface area contributed by atoms with E-state index in [1.54, 1.807) is 42.5 Å². The summed E-state index contributed by atoms with van der Waals surface area (Å²) in [6.07, 6.45) is 3.25. The molecule has 0 aliphatic heterocycles.